The van der Waals surface area contributed by atoms with Gasteiger partial charge in [0.1, 0.15) is 0 Å². The van der Waals surface area contributed by atoms with Gasteiger partial charge >= 0.3 is 0 Å². The van der Waals surface area contributed by atoms with Crippen LogP contribution < -0.4 is 0 Å². The third-order valence-corrected chi connectivity index (χ3v) is 5.24. The van der Waals surface area contributed by atoms with E-state index in [-0.39, 0.29) is 0 Å². The van der Waals surface area contributed by atoms with Crippen molar-refractivity contribution in [2.75, 3.05) is 20.1 Å². The second kappa shape index (κ2) is 6.66. The quantitative estimate of drug-likeness (QED) is 0.669. The average molecular weight is 352 g/mol. The van der Waals surface area contributed by atoms with Gasteiger partial charge in [-0.05, 0) is 61.9 Å². The van der Waals surface area contributed by atoms with Gasteiger partial charge in [-0.1, -0.05) is 17.7 Å². The molecular weight excluding hydrogens is 330 g/mol. The van der Waals surface area contributed by atoms with Crippen LogP contribution in [0.15, 0.2) is 36.5 Å². The van der Waals surface area contributed by atoms with E-state index in [2.05, 4.69) is 52.0 Å². The van der Waals surface area contributed by atoms with Gasteiger partial charge in [-0.25, -0.2) is 0 Å². The number of aromatic nitrogens is 2. The van der Waals surface area contributed by atoms with Gasteiger partial charge in [0, 0.05) is 53.7 Å². The zero-order chi connectivity index (χ0) is 17.4. The molecule has 4 heteroatoms. The topological polar surface area (TPSA) is 21.1 Å². The summed E-state index contributed by atoms with van der Waals surface area (Å²) < 4.78 is 2.33. The Morgan fingerprint density at radius 1 is 1.12 bits per heavy atom. The van der Waals surface area contributed by atoms with Crippen LogP contribution in [0.5, 0.6) is 0 Å². The van der Waals surface area contributed by atoms with Crippen molar-refractivity contribution in [3.8, 4) is 0 Å². The van der Waals surface area contributed by atoms with E-state index in [9.17, 15) is 0 Å². The minimum absolute atomic E-state index is 0.803. The molecular formula is C21H22ClN3. The Kier molecular flexibility index (Phi) is 4.36. The van der Waals surface area contributed by atoms with Crippen LogP contribution >= 0.6 is 11.6 Å². The van der Waals surface area contributed by atoms with E-state index in [1.165, 1.54) is 22.2 Å². The fourth-order valence-electron chi connectivity index (χ4n) is 3.58. The summed E-state index contributed by atoms with van der Waals surface area (Å²) in [6.45, 7) is 4.17. The van der Waals surface area contributed by atoms with Crippen molar-refractivity contribution in [2.45, 2.75) is 19.8 Å². The molecule has 25 heavy (non-hydrogen) atoms. The molecule has 0 aliphatic carbocycles. The third kappa shape index (κ3) is 3.22. The number of aryl methyl sites for hydroxylation is 1. The molecule has 1 aliphatic rings. The molecule has 1 aliphatic heterocycles. The monoisotopic (exact) mass is 351 g/mol. The molecule has 0 amide bonds. The van der Waals surface area contributed by atoms with Crippen LogP contribution in [-0.4, -0.2) is 34.6 Å². The fourth-order valence-corrected chi connectivity index (χ4v) is 3.75. The van der Waals surface area contributed by atoms with Crippen molar-refractivity contribution in [3.05, 3.63) is 64.1 Å². The van der Waals surface area contributed by atoms with Gasteiger partial charge in [-0.15, -0.1) is 0 Å². The van der Waals surface area contributed by atoms with E-state index in [0.29, 0.717) is 0 Å². The van der Waals surface area contributed by atoms with Crippen molar-refractivity contribution in [3.63, 3.8) is 0 Å². The number of benzene rings is 1. The van der Waals surface area contributed by atoms with E-state index < -0.39 is 0 Å². The number of fused-ring (bicyclic) bond motifs is 3. The summed E-state index contributed by atoms with van der Waals surface area (Å²) >= 11 is 6.28. The minimum Gasteiger partial charge on any atom is -0.320 e. The number of hydrogen-bond donors (Lipinski definition) is 0. The lowest BCUT2D eigenvalue weighted by Crippen LogP contribution is -2.21. The van der Waals surface area contributed by atoms with Gasteiger partial charge in [-0.2, -0.15) is 0 Å². The fraction of sp³-hybridized carbons (Fsp3) is 0.286. The molecule has 4 rings (SSSR count). The number of halogens is 1. The second-order valence-corrected chi connectivity index (χ2v) is 7.25. The lowest BCUT2D eigenvalue weighted by molar-refractivity contribution is 0.351. The van der Waals surface area contributed by atoms with E-state index in [1.54, 1.807) is 0 Å². The van der Waals surface area contributed by atoms with Gasteiger partial charge in [0.05, 0.1) is 5.52 Å². The van der Waals surface area contributed by atoms with Crippen LogP contribution in [0.3, 0.4) is 0 Å². The number of hydrogen-bond acceptors (Lipinski definition) is 2. The number of rotatable bonds is 2. The Bertz CT molecular complexity index is 938. The standard InChI is InChI=1S/C21H22ClN3/c1-15-3-4-16(14-23-15)7-12-25-20-6-5-17(22)13-19(20)18-8-10-24(2)11-9-21(18)25/h3-7,12-14H,8-11H2,1-2H3. The van der Waals surface area contributed by atoms with Crippen LogP contribution in [0.4, 0.5) is 0 Å². The molecule has 0 bridgehead atoms. The van der Waals surface area contributed by atoms with Crippen LogP contribution in [0.25, 0.3) is 23.2 Å². The highest BCUT2D eigenvalue weighted by Crippen LogP contribution is 2.31. The summed E-state index contributed by atoms with van der Waals surface area (Å²) in [6, 6.07) is 10.4. The lowest BCUT2D eigenvalue weighted by Gasteiger charge is -2.12. The summed E-state index contributed by atoms with van der Waals surface area (Å²) in [5, 5.41) is 2.08. The number of nitrogens with zero attached hydrogens (tertiary/aromatic N) is 3. The maximum Gasteiger partial charge on any atom is 0.0529 e. The first-order valence-corrected chi connectivity index (χ1v) is 9.10. The highest BCUT2D eigenvalue weighted by Gasteiger charge is 2.19. The predicted molar refractivity (Wildman–Crippen MR) is 106 cm³/mol. The smallest absolute Gasteiger partial charge is 0.0529 e. The summed E-state index contributed by atoms with van der Waals surface area (Å²) in [5.74, 6) is 0. The number of pyridine rings is 1. The van der Waals surface area contributed by atoms with Gasteiger partial charge in [0.2, 0.25) is 0 Å². The minimum atomic E-state index is 0.803. The van der Waals surface area contributed by atoms with E-state index >= 15 is 0 Å². The van der Waals surface area contributed by atoms with Crippen molar-refractivity contribution in [2.24, 2.45) is 0 Å². The molecule has 3 aromatic rings. The van der Waals surface area contributed by atoms with Gasteiger partial charge in [0.15, 0.2) is 0 Å². The highest BCUT2D eigenvalue weighted by atomic mass is 35.5. The second-order valence-electron chi connectivity index (χ2n) is 6.81. The zero-order valence-electron chi connectivity index (χ0n) is 14.7. The zero-order valence-corrected chi connectivity index (χ0v) is 15.4. The summed E-state index contributed by atoms with van der Waals surface area (Å²) in [4.78, 5) is 6.78. The van der Waals surface area contributed by atoms with Gasteiger partial charge < -0.3 is 9.47 Å². The Morgan fingerprint density at radius 2 is 1.96 bits per heavy atom. The molecule has 3 nitrogen and oxygen atoms in total. The predicted octanol–water partition coefficient (Wildman–Crippen LogP) is 4.66. The Hall–Kier alpha value is -2.10. The molecule has 0 unspecified atom stereocenters. The van der Waals surface area contributed by atoms with Gasteiger partial charge in [0.25, 0.3) is 0 Å². The van der Waals surface area contributed by atoms with E-state index in [4.69, 9.17) is 11.6 Å². The molecule has 0 spiro atoms. The average Bonchev–Trinajstić information content (AvgIpc) is 2.75. The molecule has 0 radical (unpaired) electrons. The first kappa shape index (κ1) is 16.4. The number of likely N-dealkylation sites (N-methyl/N-ethyl adjacent to an activating group) is 1. The van der Waals surface area contributed by atoms with Crippen molar-refractivity contribution < 1.29 is 0 Å². The molecule has 3 heterocycles. The molecule has 0 atom stereocenters. The first-order chi connectivity index (χ1) is 12.1. The first-order valence-electron chi connectivity index (χ1n) is 8.72. The van der Waals surface area contributed by atoms with Crippen molar-refractivity contribution >= 4 is 34.8 Å². The Labute approximate surface area is 153 Å². The molecule has 0 N–H and O–H groups in total. The Morgan fingerprint density at radius 3 is 2.76 bits per heavy atom. The van der Waals surface area contributed by atoms with E-state index in [1.807, 2.05) is 25.3 Å². The SMILES string of the molecule is Cc1ccc(C=Cn2c3c(c4cc(Cl)ccc42)CCN(C)CC3)cn1. The van der Waals surface area contributed by atoms with Crippen LogP contribution in [0.1, 0.15) is 22.5 Å². The van der Waals surface area contributed by atoms with Gasteiger partial charge in [-0.3, -0.25) is 4.98 Å². The largest absolute Gasteiger partial charge is 0.320 e. The van der Waals surface area contributed by atoms with Crippen molar-refractivity contribution in [1.29, 1.82) is 0 Å². The van der Waals surface area contributed by atoms with Crippen molar-refractivity contribution in [1.82, 2.24) is 14.5 Å². The summed E-state index contributed by atoms with van der Waals surface area (Å²) in [6.07, 6.45) is 8.34. The molecule has 0 saturated carbocycles. The normalized spacial score (nSPS) is 15.6. The molecule has 1 aromatic carbocycles. The highest BCUT2D eigenvalue weighted by molar-refractivity contribution is 6.31. The lowest BCUT2D eigenvalue weighted by atomic mass is 10.1. The third-order valence-electron chi connectivity index (χ3n) is 5.01. The van der Waals surface area contributed by atoms with Crippen LogP contribution in [0, 0.1) is 6.92 Å². The Balaban J connectivity index is 1.83. The van der Waals surface area contributed by atoms with Crippen LogP contribution in [0.2, 0.25) is 5.02 Å². The molecule has 0 fully saturated rings. The molecule has 0 saturated heterocycles. The van der Waals surface area contributed by atoms with E-state index in [0.717, 1.165) is 42.2 Å². The summed E-state index contributed by atoms with van der Waals surface area (Å²) in [7, 11) is 2.19. The summed E-state index contributed by atoms with van der Waals surface area (Å²) in [5.41, 5.74) is 6.22. The molecule has 2 aromatic heterocycles. The maximum absolute atomic E-state index is 6.28. The molecule has 128 valence electrons. The van der Waals surface area contributed by atoms with Crippen LogP contribution in [-0.2, 0) is 12.8 Å². The maximum atomic E-state index is 6.28.